The molecule has 0 bridgehead atoms. The largest absolute Gasteiger partial charge is 0.463 e. The lowest BCUT2D eigenvalue weighted by atomic mass is 10.00. The van der Waals surface area contributed by atoms with Gasteiger partial charge in [-0.25, -0.2) is 9.59 Å². The predicted octanol–water partition coefficient (Wildman–Crippen LogP) is 2.49. The maximum absolute atomic E-state index is 13.3. The third-order valence-electron chi connectivity index (χ3n) is 6.38. The van der Waals surface area contributed by atoms with E-state index in [9.17, 15) is 28.8 Å². The second-order valence-corrected chi connectivity index (χ2v) is 11.6. The van der Waals surface area contributed by atoms with Gasteiger partial charge in [-0.1, -0.05) is 83.3 Å². The molecule has 0 radical (unpaired) electrons. The highest BCUT2D eigenvalue weighted by atomic mass is 127. The number of carbonyl (C=O) groups excluding carboxylic acids is 6. The van der Waals surface area contributed by atoms with Gasteiger partial charge in [0.05, 0.1) is 10.3 Å². The molecule has 0 aromatic heterocycles. The zero-order valence-electron chi connectivity index (χ0n) is 25.3. The van der Waals surface area contributed by atoms with E-state index < -0.39 is 76.8 Å². The van der Waals surface area contributed by atoms with E-state index >= 15 is 0 Å². The van der Waals surface area contributed by atoms with E-state index in [1.165, 1.54) is 6.92 Å². The van der Waals surface area contributed by atoms with Gasteiger partial charge in [-0.05, 0) is 11.1 Å². The number of ether oxygens (including phenoxy) is 6. The SMILES string of the molecule is CC(=O)OC[C@H]1O[C@H](NC(=O)CC(NC(=O)OCc2ccccc2)C(=O)OCc2ccccc2)[C@@H](I)[C@@H](OC(C)=O)[C@@H]1OC(C)=O. The minimum atomic E-state index is -1.46. The van der Waals surface area contributed by atoms with Crippen LogP contribution in [0.5, 0.6) is 0 Å². The van der Waals surface area contributed by atoms with Crippen molar-refractivity contribution in [3.8, 4) is 0 Å². The molecule has 2 aromatic carbocycles. The van der Waals surface area contributed by atoms with Crippen LogP contribution >= 0.6 is 22.6 Å². The molecular formula is C31H35IN2O12. The number of carbonyl (C=O) groups is 6. The first-order valence-electron chi connectivity index (χ1n) is 14.2. The summed E-state index contributed by atoms with van der Waals surface area (Å²) in [5.74, 6) is -3.69. The highest BCUT2D eigenvalue weighted by Crippen LogP contribution is 2.31. The van der Waals surface area contributed by atoms with E-state index in [2.05, 4.69) is 10.6 Å². The summed E-state index contributed by atoms with van der Waals surface area (Å²) in [7, 11) is 0. The molecule has 1 saturated heterocycles. The number of amides is 2. The Bertz CT molecular complexity index is 1360. The van der Waals surface area contributed by atoms with E-state index in [1.54, 1.807) is 60.7 Å². The Morgan fingerprint density at radius 2 is 1.30 bits per heavy atom. The van der Waals surface area contributed by atoms with Crippen molar-refractivity contribution in [2.45, 2.75) is 74.9 Å². The van der Waals surface area contributed by atoms with Gasteiger partial charge in [0.15, 0.2) is 12.2 Å². The van der Waals surface area contributed by atoms with Crippen molar-refractivity contribution in [2.24, 2.45) is 0 Å². The number of alkyl halides is 1. The summed E-state index contributed by atoms with van der Waals surface area (Å²) in [4.78, 5) is 74.3. The van der Waals surface area contributed by atoms with Crippen LogP contribution in [0, 0.1) is 0 Å². The molecule has 15 heteroatoms. The number of halogens is 1. The van der Waals surface area contributed by atoms with Gasteiger partial charge in [0, 0.05) is 20.8 Å². The van der Waals surface area contributed by atoms with Gasteiger partial charge >= 0.3 is 30.0 Å². The lowest BCUT2D eigenvalue weighted by Crippen LogP contribution is -2.63. The third kappa shape index (κ3) is 11.9. The Hall–Kier alpha value is -4.25. The van der Waals surface area contributed by atoms with Crippen molar-refractivity contribution in [1.29, 1.82) is 0 Å². The molecule has 1 unspecified atom stereocenters. The number of hydrogen-bond donors (Lipinski definition) is 2. The molecule has 1 heterocycles. The van der Waals surface area contributed by atoms with Crippen LogP contribution in [-0.2, 0) is 65.6 Å². The van der Waals surface area contributed by atoms with Crippen molar-refractivity contribution < 1.29 is 57.2 Å². The van der Waals surface area contributed by atoms with Crippen LogP contribution in [0.2, 0.25) is 0 Å². The van der Waals surface area contributed by atoms with E-state index in [0.29, 0.717) is 11.1 Å². The fourth-order valence-corrected chi connectivity index (χ4v) is 5.25. The second-order valence-electron chi connectivity index (χ2n) is 10.1. The quantitative estimate of drug-likeness (QED) is 0.132. The average molecular weight is 755 g/mol. The van der Waals surface area contributed by atoms with Crippen molar-refractivity contribution in [3.05, 3.63) is 71.8 Å². The minimum Gasteiger partial charge on any atom is -0.463 e. The predicted molar refractivity (Wildman–Crippen MR) is 167 cm³/mol. The lowest BCUT2D eigenvalue weighted by Gasteiger charge is -2.43. The summed E-state index contributed by atoms with van der Waals surface area (Å²) in [5.41, 5.74) is 1.39. The average Bonchev–Trinajstić information content (AvgIpc) is 3.01. The topological polar surface area (TPSA) is 182 Å². The van der Waals surface area contributed by atoms with E-state index in [0.717, 1.165) is 13.8 Å². The number of rotatable bonds is 13. The van der Waals surface area contributed by atoms with E-state index in [4.69, 9.17) is 28.4 Å². The van der Waals surface area contributed by atoms with Gasteiger partial charge in [0.2, 0.25) is 5.91 Å². The van der Waals surface area contributed by atoms with Gasteiger partial charge in [-0.2, -0.15) is 0 Å². The number of hydrogen-bond acceptors (Lipinski definition) is 12. The summed E-state index contributed by atoms with van der Waals surface area (Å²) >= 11 is 1.87. The summed E-state index contributed by atoms with van der Waals surface area (Å²) < 4.78 is 31.6. The summed E-state index contributed by atoms with van der Waals surface area (Å²) in [6.45, 7) is 2.90. The molecule has 0 aliphatic carbocycles. The molecule has 1 aliphatic rings. The minimum absolute atomic E-state index is 0.0815. The molecule has 14 nitrogen and oxygen atoms in total. The molecule has 2 amide bonds. The van der Waals surface area contributed by atoms with Gasteiger partial charge in [0.25, 0.3) is 0 Å². The van der Waals surface area contributed by atoms with Crippen molar-refractivity contribution in [3.63, 3.8) is 0 Å². The van der Waals surface area contributed by atoms with Crippen LogP contribution < -0.4 is 10.6 Å². The summed E-state index contributed by atoms with van der Waals surface area (Å²) in [5, 5.41) is 5.00. The number of nitrogens with one attached hydrogen (secondary N) is 2. The normalized spacial score (nSPS) is 21.1. The zero-order valence-corrected chi connectivity index (χ0v) is 27.5. The van der Waals surface area contributed by atoms with Gasteiger partial charge in [0.1, 0.15) is 38.2 Å². The van der Waals surface area contributed by atoms with Crippen molar-refractivity contribution in [2.75, 3.05) is 6.61 Å². The monoisotopic (exact) mass is 754 g/mol. The summed E-state index contributed by atoms with van der Waals surface area (Å²) in [6.07, 6.45) is -6.13. The Morgan fingerprint density at radius 3 is 1.85 bits per heavy atom. The van der Waals surface area contributed by atoms with Crippen LogP contribution in [0.25, 0.3) is 0 Å². The Morgan fingerprint density at radius 1 is 0.761 bits per heavy atom. The fourth-order valence-electron chi connectivity index (χ4n) is 4.34. The molecule has 3 rings (SSSR count). The van der Waals surface area contributed by atoms with Gasteiger partial charge < -0.3 is 39.1 Å². The molecule has 2 aromatic rings. The Kier molecular flexibility index (Phi) is 14.2. The standard InChI is InChI=1S/C31H35IN2O12/c1-18(35)41-17-24-27(44-19(2)36)28(45-20(3)37)26(32)29(46-24)34-25(38)14-23(30(39)42-15-21-10-6-4-7-11-21)33-31(40)43-16-22-12-8-5-9-13-22/h4-13,23-24,26-29H,14-17H2,1-3H3,(H,33,40)(H,34,38)/t23?,24-,26+,27-,28-,29+/m1/s1. The molecule has 2 N–H and O–H groups in total. The molecule has 0 spiro atoms. The number of alkyl carbamates (subject to hydrolysis) is 1. The number of esters is 4. The smallest absolute Gasteiger partial charge is 0.408 e. The molecule has 0 saturated carbocycles. The first-order valence-corrected chi connectivity index (χ1v) is 15.4. The molecule has 6 atom stereocenters. The second kappa shape index (κ2) is 18.0. The van der Waals surface area contributed by atoms with Crippen molar-refractivity contribution >= 4 is 58.5 Å². The molecule has 248 valence electrons. The highest BCUT2D eigenvalue weighted by Gasteiger charge is 2.50. The fraction of sp³-hybridized carbons (Fsp3) is 0.419. The Labute approximate surface area is 278 Å². The molecule has 1 fully saturated rings. The molecule has 1 aliphatic heterocycles. The van der Waals surface area contributed by atoms with Crippen LogP contribution in [0.1, 0.15) is 38.3 Å². The van der Waals surface area contributed by atoms with E-state index in [-0.39, 0.29) is 19.8 Å². The molecule has 46 heavy (non-hydrogen) atoms. The first-order chi connectivity index (χ1) is 21.9. The van der Waals surface area contributed by atoms with Crippen LogP contribution in [0.3, 0.4) is 0 Å². The lowest BCUT2D eigenvalue weighted by molar-refractivity contribution is -0.214. The van der Waals surface area contributed by atoms with E-state index in [1.807, 2.05) is 22.6 Å². The van der Waals surface area contributed by atoms with Crippen LogP contribution in [0.4, 0.5) is 4.79 Å². The third-order valence-corrected chi connectivity index (χ3v) is 7.74. The maximum atomic E-state index is 13.3. The summed E-state index contributed by atoms with van der Waals surface area (Å²) in [6, 6.07) is 16.2. The van der Waals surface area contributed by atoms with Crippen LogP contribution in [0.15, 0.2) is 60.7 Å². The van der Waals surface area contributed by atoms with Gasteiger partial charge in [-0.3, -0.25) is 19.2 Å². The Balaban J connectivity index is 1.74. The zero-order chi connectivity index (χ0) is 33.6. The van der Waals surface area contributed by atoms with Crippen LogP contribution in [-0.4, -0.2) is 77.0 Å². The van der Waals surface area contributed by atoms with Gasteiger partial charge in [-0.15, -0.1) is 0 Å². The first kappa shape index (κ1) is 36.2. The maximum Gasteiger partial charge on any atom is 0.408 e. The van der Waals surface area contributed by atoms with Crippen molar-refractivity contribution in [1.82, 2.24) is 10.6 Å². The number of benzene rings is 2. The highest BCUT2D eigenvalue weighted by molar-refractivity contribution is 14.1. The molecular weight excluding hydrogens is 719 g/mol.